The summed E-state index contributed by atoms with van der Waals surface area (Å²) >= 11 is 3.35. The van der Waals surface area contributed by atoms with Gasteiger partial charge in [0.2, 0.25) is 0 Å². The predicted molar refractivity (Wildman–Crippen MR) is 131 cm³/mol. The zero-order chi connectivity index (χ0) is 25.2. The van der Waals surface area contributed by atoms with Crippen molar-refractivity contribution in [1.29, 1.82) is 0 Å². The van der Waals surface area contributed by atoms with Crippen LogP contribution in [0.4, 0.5) is 0 Å². The van der Waals surface area contributed by atoms with E-state index in [0.717, 1.165) is 0 Å². The number of esters is 1. The van der Waals surface area contributed by atoms with Crippen LogP contribution in [-0.4, -0.2) is 51.5 Å². The van der Waals surface area contributed by atoms with Gasteiger partial charge in [0.25, 0.3) is 0 Å². The van der Waals surface area contributed by atoms with Crippen LogP contribution in [0.15, 0.2) is 52.0 Å². The summed E-state index contributed by atoms with van der Waals surface area (Å²) in [5, 5.41) is 34.1. The minimum Gasteiger partial charge on any atom is -0.451 e. The number of ether oxygens (including phenoxy) is 1. The first-order valence-corrected chi connectivity index (χ1v) is 12.5. The molecule has 0 aliphatic heterocycles. The highest BCUT2D eigenvalue weighted by molar-refractivity contribution is 9.10. The molecule has 0 aromatic heterocycles. The minimum atomic E-state index is -2.16. The second-order valence-electron chi connectivity index (χ2n) is 10.9. The van der Waals surface area contributed by atoms with E-state index in [2.05, 4.69) is 22.9 Å². The third-order valence-electron chi connectivity index (χ3n) is 8.83. The summed E-state index contributed by atoms with van der Waals surface area (Å²) in [5.41, 5.74) is -3.15. The van der Waals surface area contributed by atoms with Gasteiger partial charge in [-0.1, -0.05) is 52.0 Å². The first-order valence-electron chi connectivity index (χ1n) is 11.7. The van der Waals surface area contributed by atoms with E-state index in [1.54, 1.807) is 43.3 Å². The van der Waals surface area contributed by atoms with Gasteiger partial charge in [0.1, 0.15) is 6.10 Å². The molecule has 7 heteroatoms. The van der Waals surface area contributed by atoms with E-state index in [0.29, 0.717) is 16.5 Å². The molecule has 0 saturated heterocycles. The molecule has 0 unspecified atom stereocenters. The molecule has 3 N–H and O–H groups in total. The number of hydrogen-bond donors (Lipinski definition) is 3. The van der Waals surface area contributed by atoms with Crippen LogP contribution in [0.3, 0.4) is 0 Å². The highest BCUT2D eigenvalue weighted by atomic mass is 79.9. The lowest BCUT2D eigenvalue weighted by Gasteiger charge is -2.48. The number of Topliss-reactive ketones (excluding diaryl/α,β-unsaturated/α-hetero) is 1. The lowest BCUT2D eigenvalue weighted by molar-refractivity contribution is -0.190. The average Bonchev–Trinajstić information content (AvgIpc) is 2.95. The fourth-order valence-corrected chi connectivity index (χ4v) is 6.90. The Balaban J connectivity index is 1.91. The molecule has 34 heavy (non-hydrogen) atoms. The molecule has 1 saturated carbocycles. The van der Waals surface area contributed by atoms with E-state index in [1.165, 1.54) is 0 Å². The van der Waals surface area contributed by atoms with E-state index in [9.17, 15) is 24.9 Å². The molecular formula is C27H33BrO6. The molecular weight excluding hydrogens is 500 g/mol. The van der Waals surface area contributed by atoms with Crippen LogP contribution >= 0.6 is 15.9 Å². The molecule has 1 spiro atoms. The van der Waals surface area contributed by atoms with Gasteiger partial charge < -0.3 is 20.1 Å². The number of hydrogen-bond acceptors (Lipinski definition) is 6. The van der Waals surface area contributed by atoms with E-state index in [-0.39, 0.29) is 28.8 Å². The summed E-state index contributed by atoms with van der Waals surface area (Å²) in [6.07, 6.45) is 1.13. The van der Waals surface area contributed by atoms with Crippen LogP contribution in [0.1, 0.15) is 51.4 Å². The van der Waals surface area contributed by atoms with Gasteiger partial charge in [0.15, 0.2) is 17.5 Å². The van der Waals surface area contributed by atoms with Crippen molar-refractivity contribution in [2.75, 3.05) is 6.61 Å². The van der Waals surface area contributed by atoms with E-state index in [4.69, 9.17) is 4.74 Å². The number of halogens is 1. The number of carbonyl (C=O) groups excluding carboxylic acids is 2. The van der Waals surface area contributed by atoms with Crippen molar-refractivity contribution in [2.24, 2.45) is 28.6 Å². The molecule has 4 rings (SSSR count). The number of ketones is 1. The number of aliphatic hydroxyl groups excluding tert-OH is 2. The summed E-state index contributed by atoms with van der Waals surface area (Å²) in [5.74, 6) is -1.73. The number of rotatable bonds is 3. The molecule has 6 nitrogen and oxygen atoms in total. The highest BCUT2D eigenvalue weighted by Gasteiger charge is 2.73. The second-order valence-corrected chi connectivity index (χ2v) is 11.7. The highest BCUT2D eigenvalue weighted by Crippen LogP contribution is 2.62. The van der Waals surface area contributed by atoms with Crippen LogP contribution in [-0.2, 0) is 9.53 Å². The van der Waals surface area contributed by atoms with Crippen LogP contribution in [0, 0.1) is 28.6 Å². The third-order valence-corrected chi connectivity index (χ3v) is 9.52. The Hall–Kier alpha value is -1.80. The largest absolute Gasteiger partial charge is 0.451 e. The summed E-state index contributed by atoms with van der Waals surface area (Å²) in [6, 6.07) is 6.78. The van der Waals surface area contributed by atoms with E-state index < -0.39 is 47.1 Å². The number of fused-ring (bicyclic) bond motifs is 1. The summed E-state index contributed by atoms with van der Waals surface area (Å²) in [6.45, 7) is 9.23. The van der Waals surface area contributed by atoms with Gasteiger partial charge in [-0.3, -0.25) is 4.79 Å². The number of carbonyl (C=O) groups is 2. The van der Waals surface area contributed by atoms with Gasteiger partial charge in [-0.25, -0.2) is 4.79 Å². The Morgan fingerprint density at radius 3 is 2.47 bits per heavy atom. The van der Waals surface area contributed by atoms with Crippen LogP contribution in [0.2, 0.25) is 0 Å². The Labute approximate surface area is 208 Å². The number of allylic oxidation sites excluding steroid dienone is 1. The van der Waals surface area contributed by atoms with E-state index >= 15 is 0 Å². The van der Waals surface area contributed by atoms with Gasteiger partial charge in [-0.2, -0.15) is 0 Å². The number of aliphatic hydroxyl groups is 3. The van der Waals surface area contributed by atoms with Gasteiger partial charge in [-0.15, -0.1) is 0 Å². The van der Waals surface area contributed by atoms with E-state index in [1.807, 2.05) is 20.8 Å². The second kappa shape index (κ2) is 8.40. The van der Waals surface area contributed by atoms with Gasteiger partial charge in [0, 0.05) is 10.4 Å². The maximum absolute atomic E-state index is 14.3. The fraction of sp³-hybridized carbons (Fsp3) is 0.556. The monoisotopic (exact) mass is 532 g/mol. The maximum Gasteiger partial charge on any atom is 0.339 e. The third kappa shape index (κ3) is 3.24. The molecule has 184 valence electrons. The zero-order valence-electron chi connectivity index (χ0n) is 20.2. The minimum absolute atomic E-state index is 0.127. The SMILES string of the molecule is CC1=C[C@]23C(=O)[C@@H](C=C(CO)[C@@H](O)[C@]2(O)[C@H]1OC(=O)c1ccccc1Br)C(C)(C)[C@@H](C)C[C@H]3C. The summed E-state index contributed by atoms with van der Waals surface area (Å²) in [7, 11) is 0. The van der Waals surface area contributed by atoms with Crippen LogP contribution < -0.4 is 0 Å². The molecule has 0 amide bonds. The van der Waals surface area contributed by atoms with Crippen molar-refractivity contribution in [3.63, 3.8) is 0 Å². The number of benzene rings is 1. The molecule has 7 atom stereocenters. The molecule has 0 heterocycles. The molecule has 0 radical (unpaired) electrons. The van der Waals surface area contributed by atoms with Crippen molar-refractivity contribution < 1.29 is 29.6 Å². The normalized spacial score (nSPS) is 38.9. The fourth-order valence-electron chi connectivity index (χ4n) is 6.45. The zero-order valence-corrected chi connectivity index (χ0v) is 21.8. The first kappa shape index (κ1) is 25.3. The van der Waals surface area contributed by atoms with Crippen molar-refractivity contribution >= 4 is 27.7 Å². The van der Waals surface area contributed by atoms with Gasteiger partial charge in [-0.05, 0) is 69.8 Å². The smallest absolute Gasteiger partial charge is 0.339 e. The predicted octanol–water partition coefficient (Wildman–Crippen LogP) is 3.83. The van der Waals surface area contributed by atoms with Gasteiger partial charge in [0.05, 0.1) is 17.6 Å². The standard InChI is InChI=1S/C27H33BrO6/c1-14-12-26-16(3)10-15(2)25(4,5)19(22(26)31)11-17(13-29)21(30)27(26,33)23(14)34-24(32)18-8-6-7-9-20(18)28/h6-9,11-12,15-16,19,21,23,29-30,33H,10,13H2,1-5H3/t15-,16+,19+,21+,23-,26-,27-/m0/s1. The van der Waals surface area contributed by atoms with Crippen molar-refractivity contribution in [3.8, 4) is 0 Å². The molecule has 1 aromatic carbocycles. The summed E-state index contributed by atoms with van der Waals surface area (Å²) < 4.78 is 6.41. The Bertz CT molecular complexity index is 1090. The molecule has 1 aromatic rings. The van der Waals surface area contributed by atoms with Crippen molar-refractivity contribution in [1.82, 2.24) is 0 Å². The van der Waals surface area contributed by atoms with Crippen LogP contribution in [0.5, 0.6) is 0 Å². The molecule has 1 fully saturated rings. The molecule has 3 aliphatic carbocycles. The lowest BCUT2D eigenvalue weighted by atomic mass is 9.59. The maximum atomic E-state index is 14.3. The Morgan fingerprint density at radius 2 is 1.85 bits per heavy atom. The van der Waals surface area contributed by atoms with Crippen molar-refractivity contribution in [2.45, 2.75) is 58.8 Å². The molecule has 3 aliphatic rings. The molecule has 2 bridgehead atoms. The first-order chi connectivity index (χ1) is 15.8. The Morgan fingerprint density at radius 1 is 1.21 bits per heavy atom. The quantitative estimate of drug-likeness (QED) is 0.403. The Kier molecular flexibility index (Phi) is 6.25. The van der Waals surface area contributed by atoms with Gasteiger partial charge >= 0.3 is 5.97 Å². The van der Waals surface area contributed by atoms with Crippen LogP contribution in [0.25, 0.3) is 0 Å². The lowest BCUT2D eigenvalue weighted by Crippen LogP contribution is -2.65. The topological polar surface area (TPSA) is 104 Å². The van der Waals surface area contributed by atoms with Crippen molar-refractivity contribution in [3.05, 3.63) is 57.6 Å². The average molecular weight is 533 g/mol. The summed E-state index contributed by atoms with van der Waals surface area (Å²) in [4.78, 5) is 27.5.